The maximum atomic E-state index is 4.46. The van der Waals surface area contributed by atoms with E-state index in [-0.39, 0.29) is 0 Å². The molecule has 2 aromatic rings. The van der Waals surface area contributed by atoms with Crippen molar-refractivity contribution in [2.75, 3.05) is 24.3 Å². The molecule has 21 heavy (non-hydrogen) atoms. The van der Waals surface area contributed by atoms with Gasteiger partial charge in [0.15, 0.2) is 0 Å². The van der Waals surface area contributed by atoms with Gasteiger partial charge in [-0.15, -0.1) is 0 Å². The third-order valence-electron chi connectivity index (χ3n) is 4.32. The summed E-state index contributed by atoms with van der Waals surface area (Å²) in [7, 11) is 6.11. The first kappa shape index (κ1) is 14.0. The number of anilines is 2. The molecule has 1 aliphatic rings. The first-order valence-corrected chi connectivity index (χ1v) is 7.69. The van der Waals surface area contributed by atoms with E-state index in [0.29, 0.717) is 0 Å². The zero-order valence-corrected chi connectivity index (χ0v) is 13.2. The van der Waals surface area contributed by atoms with E-state index in [1.165, 1.54) is 48.2 Å². The summed E-state index contributed by atoms with van der Waals surface area (Å²) in [5, 5.41) is 3.60. The van der Waals surface area contributed by atoms with Crippen LogP contribution in [-0.2, 0) is 26.4 Å². The van der Waals surface area contributed by atoms with Crippen LogP contribution in [0.1, 0.15) is 29.7 Å². The SMILES string of the molecule is CN(C)c1ncc(CNc2cccc3c2CCCC3)n1C. The van der Waals surface area contributed by atoms with E-state index in [2.05, 4.69) is 40.1 Å². The molecule has 1 aliphatic carbocycles. The summed E-state index contributed by atoms with van der Waals surface area (Å²) in [5.74, 6) is 0.988. The Hall–Kier alpha value is -1.97. The van der Waals surface area contributed by atoms with E-state index in [1.54, 1.807) is 0 Å². The summed E-state index contributed by atoms with van der Waals surface area (Å²) in [6, 6.07) is 6.64. The number of rotatable bonds is 4. The lowest BCUT2D eigenvalue weighted by atomic mass is 9.90. The normalized spacial score (nSPS) is 13.9. The van der Waals surface area contributed by atoms with E-state index in [0.717, 1.165) is 12.5 Å². The number of imidazole rings is 1. The Morgan fingerprint density at radius 2 is 2.05 bits per heavy atom. The van der Waals surface area contributed by atoms with Gasteiger partial charge in [0.2, 0.25) is 5.95 Å². The predicted molar refractivity (Wildman–Crippen MR) is 87.9 cm³/mol. The zero-order valence-electron chi connectivity index (χ0n) is 13.2. The quantitative estimate of drug-likeness (QED) is 0.937. The summed E-state index contributed by atoms with van der Waals surface area (Å²) < 4.78 is 2.14. The molecule has 0 aliphatic heterocycles. The minimum Gasteiger partial charge on any atom is -0.379 e. The van der Waals surface area contributed by atoms with Gasteiger partial charge >= 0.3 is 0 Å². The molecule has 0 spiro atoms. The number of aryl methyl sites for hydroxylation is 1. The number of nitrogens with zero attached hydrogens (tertiary/aromatic N) is 3. The highest BCUT2D eigenvalue weighted by atomic mass is 15.3. The molecule has 0 fully saturated rings. The highest BCUT2D eigenvalue weighted by Gasteiger charge is 2.13. The van der Waals surface area contributed by atoms with Gasteiger partial charge in [0.1, 0.15) is 0 Å². The highest BCUT2D eigenvalue weighted by molar-refractivity contribution is 5.55. The maximum absolute atomic E-state index is 4.46. The van der Waals surface area contributed by atoms with Gasteiger partial charge in [-0.05, 0) is 42.9 Å². The van der Waals surface area contributed by atoms with Crippen molar-refractivity contribution < 1.29 is 0 Å². The second-order valence-electron chi connectivity index (χ2n) is 6.01. The van der Waals surface area contributed by atoms with Crippen LogP contribution in [0.4, 0.5) is 11.6 Å². The first-order valence-electron chi connectivity index (χ1n) is 7.69. The van der Waals surface area contributed by atoms with Crippen molar-refractivity contribution in [2.24, 2.45) is 7.05 Å². The van der Waals surface area contributed by atoms with Crippen LogP contribution in [0.15, 0.2) is 24.4 Å². The molecule has 1 aromatic carbocycles. The van der Waals surface area contributed by atoms with Crippen LogP contribution in [0.5, 0.6) is 0 Å². The molecule has 4 heteroatoms. The lowest BCUT2D eigenvalue weighted by molar-refractivity contribution is 0.686. The van der Waals surface area contributed by atoms with E-state index >= 15 is 0 Å². The number of benzene rings is 1. The topological polar surface area (TPSA) is 33.1 Å². The molecule has 1 aromatic heterocycles. The Morgan fingerprint density at radius 1 is 1.24 bits per heavy atom. The number of hydrogen-bond donors (Lipinski definition) is 1. The van der Waals surface area contributed by atoms with E-state index < -0.39 is 0 Å². The molecule has 3 rings (SSSR count). The third-order valence-corrected chi connectivity index (χ3v) is 4.32. The van der Waals surface area contributed by atoms with E-state index in [9.17, 15) is 0 Å². The van der Waals surface area contributed by atoms with Crippen molar-refractivity contribution in [2.45, 2.75) is 32.2 Å². The molecule has 1 N–H and O–H groups in total. The van der Waals surface area contributed by atoms with Gasteiger partial charge in [0.05, 0.1) is 18.4 Å². The van der Waals surface area contributed by atoms with Crippen molar-refractivity contribution in [3.05, 3.63) is 41.2 Å². The van der Waals surface area contributed by atoms with Gasteiger partial charge in [-0.1, -0.05) is 12.1 Å². The summed E-state index contributed by atoms with van der Waals surface area (Å²) >= 11 is 0. The molecule has 0 bridgehead atoms. The molecular weight excluding hydrogens is 260 g/mol. The molecule has 0 amide bonds. The lowest BCUT2D eigenvalue weighted by Gasteiger charge is -2.20. The molecule has 0 radical (unpaired) electrons. The second-order valence-corrected chi connectivity index (χ2v) is 6.01. The van der Waals surface area contributed by atoms with Crippen molar-refractivity contribution in [1.82, 2.24) is 9.55 Å². The third kappa shape index (κ3) is 2.75. The van der Waals surface area contributed by atoms with Crippen LogP contribution < -0.4 is 10.2 Å². The maximum Gasteiger partial charge on any atom is 0.204 e. The second kappa shape index (κ2) is 5.80. The average Bonchev–Trinajstić information content (AvgIpc) is 2.86. The van der Waals surface area contributed by atoms with Crippen LogP contribution in [-0.4, -0.2) is 23.6 Å². The number of aromatic nitrogens is 2. The van der Waals surface area contributed by atoms with Gasteiger partial charge < -0.3 is 14.8 Å². The Morgan fingerprint density at radius 3 is 2.81 bits per heavy atom. The van der Waals surface area contributed by atoms with Crippen molar-refractivity contribution >= 4 is 11.6 Å². The Bertz CT molecular complexity index is 628. The van der Waals surface area contributed by atoms with Crippen LogP contribution in [0.2, 0.25) is 0 Å². The van der Waals surface area contributed by atoms with Gasteiger partial charge in [-0.2, -0.15) is 0 Å². The Kier molecular flexibility index (Phi) is 3.86. The average molecular weight is 284 g/mol. The fourth-order valence-electron chi connectivity index (χ4n) is 3.15. The molecule has 0 atom stereocenters. The number of hydrogen-bond acceptors (Lipinski definition) is 3. The summed E-state index contributed by atoms with van der Waals surface area (Å²) in [6.07, 6.45) is 7.01. The van der Waals surface area contributed by atoms with Crippen LogP contribution in [0.3, 0.4) is 0 Å². The summed E-state index contributed by atoms with van der Waals surface area (Å²) in [4.78, 5) is 6.50. The van der Waals surface area contributed by atoms with Gasteiger partial charge in [-0.3, -0.25) is 0 Å². The van der Waals surface area contributed by atoms with Gasteiger partial charge in [0.25, 0.3) is 0 Å². The molecule has 0 saturated carbocycles. The van der Waals surface area contributed by atoms with E-state index in [4.69, 9.17) is 0 Å². The monoisotopic (exact) mass is 284 g/mol. The standard InChI is InChI=1S/C17H24N4/c1-20(2)17-19-12-14(21(17)3)11-18-16-10-6-8-13-7-4-5-9-15(13)16/h6,8,10,12,18H,4-5,7,9,11H2,1-3H3. The van der Waals surface area contributed by atoms with Crippen LogP contribution in [0, 0.1) is 0 Å². The number of fused-ring (bicyclic) bond motifs is 1. The van der Waals surface area contributed by atoms with Gasteiger partial charge in [-0.25, -0.2) is 4.98 Å². The van der Waals surface area contributed by atoms with Crippen molar-refractivity contribution in [3.63, 3.8) is 0 Å². The molecule has 4 nitrogen and oxygen atoms in total. The fourth-order valence-corrected chi connectivity index (χ4v) is 3.15. The molecular formula is C17H24N4. The van der Waals surface area contributed by atoms with Gasteiger partial charge in [0, 0.05) is 26.8 Å². The van der Waals surface area contributed by atoms with Crippen molar-refractivity contribution in [3.8, 4) is 0 Å². The first-order chi connectivity index (χ1) is 10.2. The Balaban J connectivity index is 1.76. The molecule has 0 unspecified atom stereocenters. The van der Waals surface area contributed by atoms with Crippen LogP contribution >= 0.6 is 0 Å². The zero-order chi connectivity index (χ0) is 14.8. The van der Waals surface area contributed by atoms with E-state index in [1.807, 2.05) is 25.2 Å². The largest absolute Gasteiger partial charge is 0.379 e. The van der Waals surface area contributed by atoms with Crippen LogP contribution in [0.25, 0.3) is 0 Å². The Labute approximate surface area is 126 Å². The molecule has 1 heterocycles. The summed E-state index contributed by atoms with van der Waals surface area (Å²) in [5.41, 5.74) is 5.52. The summed E-state index contributed by atoms with van der Waals surface area (Å²) in [6.45, 7) is 0.813. The predicted octanol–water partition coefficient (Wildman–Crippen LogP) is 2.98. The lowest BCUT2D eigenvalue weighted by Crippen LogP contribution is -2.15. The number of nitrogens with one attached hydrogen (secondary N) is 1. The van der Waals surface area contributed by atoms with Crippen molar-refractivity contribution in [1.29, 1.82) is 0 Å². The minimum atomic E-state index is 0.813. The molecule has 0 saturated heterocycles. The molecule has 112 valence electrons. The highest BCUT2D eigenvalue weighted by Crippen LogP contribution is 2.28. The minimum absolute atomic E-state index is 0.813. The smallest absolute Gasteiger partial charge is 0.204 e. The fraction of sp³-hybridized carbons (Fsp3) is 0.471.